The van der Waals surface area contributed by atoms with Crippen molar-refractivity contribution in [3.05, 3.63) is 35.9 Å². The van der Waals surface area contributed by atoms with Gasteiger partial charge in [-0.2, -0.15) is 0 Å². The van der Waals surface area contributed by atoms with Gasteiger partial charge in [0.2, 0.25) is 0 Å². The lowest BCUT2D eigenvalue weighted by molar-refractivity contribution is -0.145. The third-order valence-electron chi connectivity index (χ3n) is 4.33. The van der Waals surface area contributed by atoms with Crippen LogP contribution in [0.1, 0.15) is 51.0 Å². The van der Waals surface area contributed by atoms with Gasteiger partial charge in [0.05, 0.1) is 6.10 Å². The van der Waals surface area contributed by atoms with Crippen LogP contribution in [0.4, 0.5) is 0 Å². The van der Waals surface area contributed by atoms with Crippen LogP contribution >= 0.6 is 0 Å². The molecule has 3 nitrogen and oxygen atoms in total. The zero-order valence-corrected chi connectivity index (χ0v) is 12.8. The van der Waals surface area contributed by atoms with Gasteiger partial charge in [0.25, 0.3) is 0 Å². The summed E-state index contributed by atoms with van der Waals surface area (Å²) in [7, 11) is 0. The Bertz CT molecular complexity index is 417. The summed E-state index contributed by atoms with van der Waals surface area (Å²) in [6.45, 7) is 2.59. The van der Waals surface area contributed by atoms with Gasteiger partial charge in [0.15, 0.2) is 0 Å². The van der Waals surface area contributed by atoms with E-state index < -0.39 is 0 Å². The second-order valence-electron chi connectivity index (χ2n) is 6.36. The Morgan fingerprint density at radius 2 is 2.00 bits per heavy atom. The minimum atomic E-state index is -0.194. The van der Waals surface area contributed by atoms with Crippen LogP contribution < -0.4 is 0 Å². The molecule has 2 rings (SSSR count). The first-order valence-electron chi connectivity index (χ1n) is 8.01. The molecular formula is C18H26O3. The smallest absolute Gasteiger partial charge is 0.306 e. The predicted molar refractivity (Wildman–Crippen MR) is 82.6 cm³/mol. The molecule has 0 aliphatic heterocycles. The van der Waals surface area contributed by atoms with Gasteiger partial charge in [-0.25, -0.2) is 0 Å². The number of esters is 1. The minimum Gasteiger partial charge on any atom is -0.461 e. The largest absolute Gasteiger partial charge is 0.461 e. The third kappa shape index (κ3) is 5.88. The molecule has 3 heteroatoms. The van der Waals surface area contributed by atoms with E-state index in [0.717, 1.165) is 37.7 Å². The van der Waals surface area contributed by atoms with Crippen molar-refractivity contribution in [3.8, 4) is 0 Å². The number of rotatable bonds is 5. The minimum absolute atomic E-state index is 0.134. The summed E-state index contributed by atoms with van der Waals surface area (Å²) >= 11 is 0. The maximum Gasteiger partial charge on any atom is 0.306 e. The molecule has 0 saturated heterocycles. The number of aliphatic hydroxyl groups is 1. The van der Waals surface area contributed by atoms with E-state index in [1.54, 1.807) is 0 Å². The second-order valence-corrected chi connectivity index (χ2v) is 6.36. The number of benzene rings is 1. The Labute approximate surface area is 127 Å². The maximum atomic E-state index is 11.8. The fourth-order valence-electron chi connectivity index (χ4n) is 3.13. The molecule has 3 atom stereocenters. The van der Waals surface area contributed by atoms with Crippen molar-refractivity contribution in [2.24, 2.45) is 11.8 Å². The van der Waals surface area contributed by atoms with Gasteiger partial charge in [0, 0.05) is 6.42 Å². The molecule has 1 fully saturated rings. The summed E-state index contributed by atoms with van der Waals surface area (Å²) in [6.07, 6.45) is 5.03. The van der Waals surface area contributed by atoms with Gasteiger partial charge in [-0.3, -0.25) is 4.79 Å². The first-order valence-corrected chi connectivity index (χ1v) is 8.01. The molecule has 21 heavy (non-hydrogen) atoms. The van der Waals surface area contributed by atoms with Gasteiger partial charge in [-0.05, 0) is 49.5 Å². The van der Waals surface area contributed by atoms with Crippen molar-refractivity contribution in [2.45, 2.75) is 58.2 Å². The van der Waals surface area contributed by atoms with Crippen LogP contribution in [0.25, 0.3) is 0 Å². The summed E-state index contributed by atoms with van der Waals surface area (Å²) in [5, 5.41) is 9.88. The second kappa shape index (κ2) is 8.18. The highest BCUT2D eigenvalue weighted by molar-refractivity contribution is 5.69. The molecular weight excluding hydrogens is 264 g/mol. The average molecular weight is 290 g/mol. The number of carbonyl (C=O) groups is 1. The Kier molecular flexibility index (Phi) is 6.24. The highest BCUT2D eigenvalue weighted by Crippen LogP contribution is 2.30. The predicted octanol–water partition coefficient (Wildman–Crippen LogP) is 3.70. The van der Waals surface area contributed by atoms with Gasteiger partial charge < -0.3 is 9.84 Å². The summed E-state index contributed by atoms with van der Waals surface area (Å²) in [4.78, 5) is 11.8. The van der Waals surface area contributed by atoms with Crippen molar-refractivity contribution in [2.75, 3.05) is 0 Å². The summed E-state index contributed by atoms with van der Waals surface area (Å²) in [5.74, 6) is 0.958. The lowest BCUT2D eigenvalue weighted by atomic mass is 9.90. The van der Waals surface area contributed by atoms with Crippen LogP contribution in [0.5, 0.6) is 0 Å². The maximum absolute atomic E-state index is 11.8. The molecule has 116 valence electrons. The average Bonchev–Trinajstić information content (AvgIpc) is 2.65. The summed E-state index contributed by atoms with van der Waals surface area (Å²) in [6, 6.07) is 9.74. The zero-order valence-electron chi connectivity index (χ0n) is 12.8. The fraction of sp³-hybridized carbons (Fsp3) is 0.611. The topological polar surface area (TPSA) is 46.5 Å². The standard InChI is InChI=1S/C18H26O3/c1-14-7-9-17(19)12-16(11-14)8-10-18(20)21-13-15-5-3-2-4-6-15/h2-6,14,16-17,19H,7-13H2,1H3. The van der Waals surface area contributed by atoms with Crippen LogP contribution in [0.3, 0.4) is 0 Å². The Morgan fingerprint density at radius 3 is 2.76 bits per heavy atom. The van der Waals surface area contributed by atoms with Crippen molar-refractivity contribution in [1.29, 1.82) is 0 Å². The van der Waals surface area contributed by atoms with Crippen molar-refractivity contribution in [3.63, 3.8) is 0 Å². The normalized spacial score (nSPS) is 26.1. The molecule has 1 N–H and O–H groups in total. The molecule has 0 aromatic heterocycles. The number of hydrogen-bond donors (Lipinski definition) is 1. The first-order chi connectivity index (χ1) is 10.1. The van der Waals surface area contributed by atoms with E-state index >= 15 is 0 Å². The molecule has 0 bridgehead atoms. The SMILES string of the molecule is CC1CCC(O)CC(CCC(=O)OCc2ccccc2)C1. The third-order valence-corrected chi connectivity index (χ3v) is 4.33. The molecule has 3 unspecified atom stereocenters. The summed E-state index contributed by atoms with van der Waals surface area (Å²) in [5.41, 5.74) is 1.02. The first kappa shape index (κ1) is 16.0. The highest BCUT2D eigenvalue weighted by Gasteiger charge is 2.23. The highest BCUT2D eigenvalue weighted by atomic mass is 16.5. The molecule has 1 saturated carbocycles. The van der Waals surface area contributed by atoms with Crippen molar-refractivity contribution in [1.82, 2.24) is 0 Å². The van der Waals surface area contributed by atoms with Gasteiger partial charge >= 0.3 is 5.97 Å². The van der Waals surface area contributed by atoms with Gasteiger partial charge in [-0.15, -0.1) is 0 Å². The van der Waals surface area contributed by atoms with Gasteiger partial charge in [-0.1, -0.05) is 37.3 Å². The Hall–Kier alpha value is -1.35. The quantitative estimate of drug-likeness (QED) is 0.664. The monoisotopic (exact) mass is 290 g/mol. The molecule has 0 amide bonds. The van der Waals surface area contributed by atoms with Crippen LogP contribution in [0.2, 0.25) is 0 Å². The van der Waals surface area contributed by atoms with E-state index in [2.05, 4.69) is 6.92 Å². The zero-order chi connectivity index (χ0) is 15.1. The number of hydrogen-bond acceptors (Lipinski definition) is 3. The number of carbonyl (C=O) groups excluding carboxylic acids is 1. The number of aliphatic hydroxyl groups excluding tert-OH is 1. The van der Waals surface area contributed by atoms with E-state index in [-0.39, 0.29) is 12.1 Å². The van der Waals surface area contributed by atoms with E-state index in [0.29, 0.717) is 24.9 Å². The van der Waals surface area contributed by atoms with Crippen LogP contribution in [0.15, 0.2) is 30.3 Å². The van der Waals surface area contributed by atoms with E-state index in [1.807, 2.05) is 30.3 Å². The van der Waals surface area contributed by atoms with Crippen LogP contribution in [-0.4, -0.2) is 17.2 Å². The Morgan fingerprint density at radius 1 is 1.24 bits per heavy atom. The Balaban J connectivity index is 1.70. The van der Waals surface area contributed by atoms with Crippen molar-refractivity contribution >= 4 is 5.97 Å². The lowest BCUT2D eigenvalue weighted by Gasteiger charge is -2.17. The van der Waals surface area contributed by atoms with E-state index in [9.17, 15) is 9.90 Å². The molecule has 0 heterocycles. The van der Waals surface area contributed by atoms with Crippen molar-refractivity contribution < 1.29 is 14.6 Å². The molecule has 1 aromatic rings. The van der Waals surface area contributed by atoms with Gasteiger partial charge in [0.1, 0.15) is 6.61 Å². The van der Waals surface area contributed by atoms with Crippen LogP contribution in [-0.2, 0) is 16.1 Å². The summed E-state index contributed by atoms with van der Waals surface area (Å²) < 4.78 is 5.30. The molecule has 1 aliphatic rings. The molecule has 1 aromatic carbocycles. The van der Waals surface area contributed by atoms with E-state index in [4.69, 9.17) is 4.74 Å². The number of ether oxygens (including phenoxy) is 1. The molecule has 1 aliphatic carbocycles. The van der Waals surface area contributed by atoms with E-state index in [1.165, 1.54) is 0 Å². The molecule has 0 radical (unpaired) electrons. The lowest BCUT2D eigenvalue weighted by Crippen LogP contribution is -2.13. The fourth-order valence-corrected chi connectivity index (χ4v) is 3.13. The molecule has 0 spiro atoms. The van der Waals surface area contributed by atoms with Crippen LogP contribution in [0, 0.1) is 11.8 Å².